The van der Waals surface area contributed by atoms with Crippen LogP contribution in [0.5, 0.6) is 0 Å². The standard InChI is InChI=1S/C15H17F3N2O3S/c1-9(14(22)23)7-20(11-3-4-11)13(21)8-24-12-5-2-10(6-19-12)15(16,17)18/h2,5-6,9,11H,3-4,7-8H2,1H3,(H,22,23). The molecule has 0 saturated heterocycles. The van der Waals surface area contributed by atoms with E-state index in [9.17, 15) is 22.8 Å². The molecule has 1 amide bonds. The number of hydrogen-bond acceptors (Lipinski definition) is 4. The summed E-state index contributed by atoms with van der Waals surface area (Å²) in [5.41, 5.74) is -0.840. The van der Waals surface area contributed by atoms with Gasteiger partial charge in [0.25, 0.3) is 0 Å². The van der Waals surface area contributed by atoms with Crippen molar-refractivity contribution in [3.8, 4) is 0 Å². The molecule has 1 atom stereocenters. The van der Waals surface area contributed by atoms with Gasteiger partial charge in [-0.05, 0) is 25.0 Å². The van der Waals surface area contributed by atoms with Crippen LogP contribution in [-0.2, 0) is 15.8 Å². The maximum atomic E-state index is 12.5. The second-order valence-electron chi connectivity index (χ2n) is 5.69. The number of aromatic nitrogens is 1. The predicted molar refractivity (Wildman–Crippen MR) is 81.5 cm³/mol. The minimum Gasteiger partial charge on any atom is -0.481 e. The minimum absolute atomic E-state index is 0.0151. The lowest BCUT2D eigenvalue weighted by Gasteiger charge is -2.24. The van der Waals surface area contributed by atoms with Crippen LogP contribution < -0.4 is 0 Å². The molecule has 1 aliphatic carbocycles. The number of alkyl halides is 3. The molecule has 0 aromatic carbocycles. The highest BCUT2D eigenvalue weighted by molar-refractivity contribution is 7.99. The molecule has 0 spiro atoms. The summed E-state index contributed by atoms with van der Waals surface area (Å²) in [6.45, 7) is 1.68. The fourth-order valence-corrected chi connectivity index (χ4v) is 2.79. The van der Waals surface area contributed by atoms with Gasteiger partial charge in [0.2, 0.25) is 5.91 Å². The zero-order chi connectivity index (χ0) is 17.9. The number of rotatable bonds is 7. The van der Waals surface area contributed by atoms with Crippen LogP contribution in [0.25, 0.3) is 0 Å². The summed E-state index contributed by atoms with van der Waals surface area (Å²) in [5.74, 6) is -1.84. The lowest BCUT2D eigenvalue weighted by Crippen LogP contribution is -2.39. The summed E-state index contributed by atoms with van der Waals surface area (Å²) in [5, 5.41) is 9.29. The lowest BCUT2D eigenvalue weighted by atomic mass is 10.1. The number of carbonyl (C=O) groups is 2. The van der Waals surface area contributed by atoms with Gasteiger partial charge in [-0.15, -0.1) is 0 Å². The zero-order valence-electron chi connectivity index (χ0n) is 12.9. The molecule has 1 unspecified atom stereocenters. The van der Waals surface area contributed by atoms with Crippen LogP contribution in [0.2, 0.25) is 0 Å². The van der Waals surface area contributed by atoms with E-state index in [2.05, 4.69) is 4.98 Å². The molecule has 132 valence electrons. The Bertz CT molecular complexity index is 603. The molecule has 1 saturated carbocycles. The van der Waals surface area contributed by atoms with Crippen LogP contribution >= 0.6 is 11.8 Å². The number of pyridine rings is 1. The van der Waals surface area contributed by atoms with Crippen molar-refractivity contribution in [1.82, 2.24) is 9.88 Å². The van der Waals surface area contributed by atoms with E-state index in [0.29, 0.717) is 5.03 Å². The fourth-order valence-electron chi connectivity index (χ4n) is 2.07. The number of thioether (sulfide) groups is 1. The van der Waals surface area contributed by atoms with E-state index in [1.165, 1.54) is 13.0 Å². The van der Waals surface area contributed by atoms with Crippen LogP contribution in [0.3, 0.4) is 0 Å². The van der Waals surface area contributed by atoms with Gasteiger partial charge in [-0.2, -0.15) is 13.2 Å². The maximum Gasteiger partial charge on any atom is 0.417 e. The number of halogens is 3. The largest absolute Gasteiger partial charge is 0.481 e. The number of carboxylic acids is 1. The first-order chi connectivity index (χ1) is 11.2. The zero-order valence-corrected chi connectivity index (χ0v) is 13.7. The van der Waals surface area contributed by atoms with Gasteiger partial charge >= 0.3 is 12.1 Å². The third-order valence-corrected chi connectivity index (χ3v) is 4.54. The second kappa shape index (κ2) is 7.42. The maximum absolute atomic E-state index is 12.5. The Labute approximate surface area is 141 Å². The van der Waals surface area contributed by atoms with Crippen molar-refractivity contribution in [2.24, 2.45) is 5.92 Å². The highest BCUT2D eigenvalue weighted by Gasteiger charge is 2.34. The summed E-state index contributed by atoms with van der Waals surface area (Å²) < 4.78 is 37.4. The first kappa shape index (κ1) is 18.6. The number of carbonyl (C=O) groups excluding carboxylic acids is 1. The van der Waals surface area contributed by atoms with Crippen LogP contribution in [0.1, 0.15) is 25.3 Å². The van der Waals surface area contributed by atoms with E-state index in [4.69, 9.17) is 5.11 Å². The number of aliphatic carboxylic acids is 1. The normalized spacial score (nSPS) is 15.8. The molecule has 1 aromatic heterocycles. The summed E-state index contributed by atoms with van der Waals surface area (Å²) in [6, 6.07) is 2.22. The molecular weight excluding hydrogens is 345 g/mol. The van der Waals surface area contributed by atoms with Crippen molar-refractivity contribution in [1.29, 1.82) is 0 Å². The van der Waals surface area contributed by atoms with Gasteiger partial charge < -0.3 is 10.0 Å². The Morgan fingerprint density at radius 3 is 2.54 bits per heavy atom. The van der Waals surface area contributed by atoms with E-state index in [1.807, 2.05) is 0 Å². The second-order valence-corrected chi connectivity index (χ2v) is 6.68. The number of carboxylic acid groups (broad SMARTS) is 1. The summed E-state index contributed by atoms with van der Waals surface area (Å²) in [7, 11) is 0. The molecule has 2 rings (SSSR count). The van der Waals surface area contributed by atoms with E-state index in [-0.39, 0.29) is 24.2 Å². The third kappa shape index (κ3) is 5.12. The van der Waals surface area contributed by atoms with Crippen LogP contribution in [0.4, 0.5) is 13.2 Å². The Morgan fingerprint density at radius 1 is 1.42 bits per heavy atom. The quantitative estimate of drug-likeness (QED) is 0.755. The minimum atomic E-state index is -4.44. The average molecular weight is 362 g/mol. The molecule has 1 heterocycles. The molecular formula is C15H17F3N2O3S. The van der Waals surface area contributed by atoms with Gasteiger partial charge in [0.15, 0.2) is 0 Å². The summed E-state index contributed by atoms with van der Waals surface area (Å²) in [4.78, 5) is 28.5. The van der Waals surface area contributed by atoms with E-state index >= 15 is 0 Å². The van der Waals surface area contributed by atoms with E-state index in [0.717, 1.165) is 36.9 Å². The molecule has 1 fully saturated rings. The molecule has 0 bridgehead atoms. The SMILES string of the molecule is CC(CN(C(=O)CSc1ccc(C(F)(F)F)cn1)C1CC1)C(=O)O. The monoisotopic (exact) mass is 362 g/mol. The predicted octanol–water partition coefficient (Wildman–Crippen LogP) is 2.90. The van der Waals surface area contributed by atoms with Crippen molar-refractivity contribution in [2.75, 3.05) is 12.3 Å². The Hall–Kier alpha value is -1.77. The van der Waals surface area contributed by atoms with Gasteiger partial charge in [-0.1, -0.05) is 18.7 Å². The molecule has 0 aliphatic heterocycles. The summed E-state index contributed by atoms with van der Waals surface area (Å²) in [6.07, 6.45) is -2.01. The van der Waals surface area contributed by atoms with Gasteiger partial charge in [0.05, 0.1) is 22.3 Å². The first-order valence-corrected chi connectivity index (χ1v) is 8.35. The molecule has 24 heavy (non-hydrogen) atoms. The van der Waals surface area contributed by atoms with Crippen molar-refractivity contribution < 1.29 is 27.9 Å². The summed E-state index contributed by atoms with van der Waals surface area (Å²) >= 11 is 1.04. The van der Waals surface area contributed by atoms with Crippen molar-refractivity contribution >= 4 is 23.6 Å². The van der Waals surface area contributed by atoms with Gasteiger partial charge in [0, 0.05) is 18.8 Å². The van der Waals surface area contributed by atoms with Crippen molar-refractivity contribution in [3.05, 3.63) is 23.9 Å². The topological polar surface area (TPSA) is 70.5 Å². The van der Waals surface area contributed by atoms with Crippen LogP contribution in [0.15, 0.2) is 23.4 Å². The first-order valence-electron chi connectivity index (χ1n) is 7.37. The van der Waals surface area contributed by atoms with Gasteiger partial charge in [-0.3, -0.25) is 9.59 Å². The molecule has 1 aromatic rings. The Balaban J connectivity index is 1.92. The van der Waals surface area contributed by atoms with E-state index < -0.39 is 23.6 Å². The number of nitrogens with zero attached hydrogens (tertiary/aromatic N) is 2. The van der Waals surface area contributed by atoms with Crippen molar-refractivity contribution in [2.45, 2.75) is 37.0 Å². The van der Waals surface area contributed by atoms with Crippen molar-refractivity contribution in [3.63, 3.8) is 0 Å². The molecule has 1 aliphatic rings. The highest BCUT2D eigenvalue weighted by atomic mass is 32.2. The average Bonchev–Trinajstić information content (AvgIpc) is 3.34. The molecule has 9 heteroatoms. The highest BCUT2D eigenvalue weighted by Crippen LogP contribution is 2.31. The number of amides is 1. The van der Waals surface area contributed by atoms with Crippen LogP contribution in [-0.4, -0.2) is 45.2 Å². The molecule has 5 nitrogen and oxygen atoms in total. The van der Waals surface area contributed by atoms with Gasteiger partial charge in [-0.25, -0.2) is 4.98 Å². The fraction of sp³-hybridized carbons (Fsp3) is 0.533. The Kier molecular flexibility index (Phi) is 5.74. The third-order valence-electron chi connectivity index (χ3n) is 3.61. The van der Waals surface area contributed by atoms with Crippen LogP contribution in [0, 0.1) is 5.92 Å². The smallest absolute Gasteiger partial charge is 0.417 e. The van der Waals surface area contributed by atoms with Gasteiger partial charge in [0.1, 0.15) is 0 Å². The molecule has 1 N–H and O–H groups in total. The Morgan fingerprint density at radius 2 is 2.08 bits per heavy atom. The van der Waals surface area contributed by atoms with E-state index in [1.54, 1.807) is 4.90 Å². The molecule has 0 radical (unpaired) electrons. The lowest BCUT2D eigenvalue weighted by molar-refractivity contribution is -0.143. The number of hydrogen-bond donors (Lipinski definition) is 1.